The lowest BCUT2D eigenvalue weighted by atomic mass is 9.84. The highest BCUT2D eigenvalue weighted by atomic mass is 16.7. The van der Waals surface area contributed by atoms with Crippen LogP contribution in [-0.4, -0.2) is 92.9 Å². The van der Waals surface area contributed by atoms with E-state index >= 15 is 0 Å². The van der Waals surface area contributed by atoms with E-state index in [4.69, 9.17) is 23.7 Å². The Balaban J connectivity index is 1.15. The van der Waals surface area contributed by atoms with Crippen molar-refractivity contribution in [3.05, 3.63) is 92.1 Å². The summed E-state index contributed by atoms with van der Waals surface area (Å²) in [5.74, 6) is -0.0969. The van der Waals surface area contributed by atoms with E-state index in [-0.39, 0.29) is 61.9 Å². The number of phenolic OH excluding ortho intramolecular Hbond substituents is 1. The van der Waals surface area contributed by atoms with Crippen LogP contribution in [0.25, 0.3) is 0 Å². The van der Waals surface area contributed by atoms with Gasteiger partial charge in [0, 0.05) is 48.1 Å². The summed E-state index contributed by atoms with van der Waals surface area (Å²) in [7, 11) is 1.19. The smallest absolute Gasteiger partial charge is 0.508 e. The summed E-state index contributed by atoms with van der Waals surface area (Å²) in [5.41, 5.74) is 5.63. The molecule has 4 aliphatic heterocycles. The quantitative estimate of drug-likeness (QED) is 0.0496. The molecule has 2 aromatic carbocycles. The average Bonchev–Trinajstić information content (AvgIpc) is 3.76. The van der Waals surface area contributed by atoms with Crippen molar-refractivity contribution in [2.24, 2.45) is 0 Å². The minimum Gasteiger partial charge on any atom is -0.508 e. The highest BCUT2D eigenvalue weighted by Gasteiger charge is 2.47. The molecule has 0 unspecified atom stereocenters. The third kappa shape index (κ3) is 11.6. The maximum atomic E-state index is 14.1. The molecule has 6 rings (SSSR count). The number of hydrogen-bond acceptors (Lipinski definition) is 12. The van der Waals surface area contributed by atoms with Crippen LogP contribution in [0.2, 0.25) is 0 Å². The van der Waals surface area contributed by atoms with E-state index in [1.165, 1.54) is 46.4 Å². The Hall–Kier alpha value is -5.60. The van der Waals surface area contributed by atoms with Gasteiger partial charge < -0.3 is 43.9 Å². The van der Waals surface area contributed by atoms with E-state index in [2.05, 4.69) is 65.8 Å². The van der Waals surface area contributed by atoms with Gasteiger partial charge in [-0.05, 0) is 125 Å². The molecule has 0 fully saturated rings. The fourth-order valence-corrected chi connectivity index (χ4v) is 9.52. The molecule has 0 bridgehead atoms. The first-order valence-electron chi connectivity index (χ1n) is 23.6. The van der Waals surface area contributed by atoms with Crippen LogP contribution in [0.4, 0.5) is 4.79 Å². The highest BCUT2D eigenvalue weighted by molar-refractivity contribution is 6.01. The Kier molecular flexibility index (Phi) is 16.4. The summed E-state index contributed by atoms with van der Waals surface area (Å²) in [4.78, 5) is 55.5. The number of hydrogen-bond donors (Lipinski definition) is 3. The van der Waals surface area contributed by atoms with Gasteiger partial charge in [0.25, 0.3) is 18.3 Å². The van der Waals surface area contributed by atoms with Crippen molar-refractivity contribution >= 4 is 24.4 Å². The molecule has 4 aliphatic rings. The predicted octanol–water partition coefficient (Wildman–Crippen LogP) is 9.48. The van der Waals surface area contributed by atoms with E-state index < -0.39 is 41.7 Å². The van der Waals surface area contributed by atoms with Gasteiger partial charge in [-0.15, -0.1) is 0 Å². The number of carbonyl (C=O) groups excluding carboxylic acids is 4. The number of benzene rings is 2. The van der Waals surface area contributed by atoms with Crippen LogP contribution in [0.15, 0.2) is 58.7 Å². The number of methoxy groups -OCH3 is 1. The van der Waals surface area contributed by atoms with Crippen molar-refractivity contribution in [3.63, 3.8) is 0 Å². The number of aromatic hydroxyl groups is 1. The van der Waals surface area contributed by atoms with Crippen molar-refractivity contribution in [1.29, 1.82) is 0 Å². The molecule has 2 amide bonds. The molecule has 3 N–H and O–H groups in total. The van der Waals surface area contributed by atoms with Gasteiger partial charge in [-0.2, -0.15) is 0 Å². The number of allylic oxidation sites excluding steroid dienone is 8. The topological polar surface area (TPSA) is 182 Å². The van der Waals surface area contributed by atoms with Gasteiger partial charge in [-0.1, -0.05) is 46.6 Å². The molecule has 67 heavy (non-hydrogen) atoms. The Labute approximate surface area is 395 Å². The van der Waals surface area contributed by atoms with E-state index in [1.54, 1.807) is 4.90 Å². The second kappa shape index (κ2) is 21.6. The van der Waals surface area contributed by atoms with E-state index in [9.17, 15) is 34.5 Å². The molecular formula is C53H70N2O12. The molecular weight excluding hydrogens is 857 g/mol. The first-order chi connectivity index (χ1) is 31.8. The maximum Gasteiger partial charge on any atom is 0.513 e. The molecule has 0 saturated heterocycles. The van der Waals surface area contributed by atoms with Crippen LogP contribution in [0.3, 0.4) is 0 Å². The van der Waals surface area contributed by atoms with Crippen LogP contribution in [-0.2, 0) is 40.2 Å². The Morgan fingerprint density at radius 3 is 1.87 bits per heavy atom. The molecule has 0 spiro atoms. The number of rotatable bonds is 20. The number of nitrogens with zero attached hydrogens (tertiary/aromatic N) is 2. The van der Waals surface area contributed by atoms with Crippen molar-refractivity contribution in [2.45, 2.75) is 175 Å². The zero-order chi connectivity index (χ0) is 48.8. The molecule has 364 valence electrons. The van der Waals surface area contributed by atoms with Crippen LogP contribution in [0.1, 0.15) is 163 Å². The Morgan fingerprint density at radius 1 is 0.776 bits per heavy atom. The molecule has 0 aliphatic carbocycles. The number of fused-ring (bicyclic) bond motifs is 6. The van der Waals surface area contributed by atoms with E-state index in [1.807, 2.05) is 13.8 Å². The van der Waals surface area contributed by atoms with Crippen LogP contribution < -0.4 is 14.2 Å². The number of amides is 2. The van der Waals surface area contributed by atoms with Gasteiger partial charge in [0.05, 0.1) is 43.5 Å². The van der Waals surface area contributed by atoms with Crippen LogP contribution in [0, 0.1) is 0 Å². The summed E-state index contributed by atoms with van der Waals surface area (Å²) in [6, 6.07) is 2.89. The lowest BCUT2D eigenvalue weighted by molar-refractivity contribution is -0.141. The van der Waals surface area contributed by atoms with Gasteiger partial charge in [0.15, 0.2) is 6.23 Å². The van der Waals surface area contributed by atoms with Crippen molar-refractivity contribution in [3.8, 4) is 23.0 Å². The molecule has 14 nitrogen and oxygen atoms in total. The molecule has 5 atom stereocenters. The summed E-state index contributed by atoms with van der Waals surface area (Å²) in [5, 5.41) is 33.9. The minimum absolute atomic E-state index is 0.0429. The third-order valence-electron chi connectivity index (χ3n) is 13.7. The normalized spacial score (nSPS) is 22.4. The molecule has 0 radical (unpaired) electrons. The summed E-state index contributed by atoms with van der Waals surface area (Å²) >= 11 is 0. The molecule has 2 aromatic rings. The van der Waals surface area contributed by atoms with Crippen molar-refractivity contribution in [1.82, 2.24) is 9.80 Å². The molecule has 14 heteroatoms. The second-order valence-electron chi connectivity index (χ2n) is 19.6. The lowest BCUT2D eigenvalue weighted by Gasteiger charge is -2.41. The highest BCUT2D eigenvalue weighted by Crippen LogP contribution is 2.49. The molecule has 0 saturated carbocycles. The summed E-state index contributed by atoms with van der Waals surface area (Å²) < 4.78 is 29.1. The van der Waals surface area contributed by atoms with Crippen LogP contribution >= 0.6 is 0 Å². The first-order valence-corrected chi connectivity index (χ1v) is 23.6. The third-order valence-corrected chi connectivity index (χ3v) is 13.7. The standard InChI is InChI=1S/C53H70N2O12/c1-32(2)15-10-17-34(5)19-12-22-52(7)44(58)27-38-42(57)25-36-41(47(38)66-52)30-55(50(36)61)46(64-31-56)21-14-24-54-29-40-37(49(54)60)26-43(65-51(62)63-9)39-28-45(59)53(8,67-48(39)40)23-13-20-35(6)18-11-16-33(3)4/h15-16,19-20,25-26,31,44-46,57-59H,10-14,17-18,21-24,27-30H2,1-9H3/b34-19+,35-20+/t44-,45-,46+,52+,53+/m0/s1. The molecule has 4 heterocycles. The lowest BCUT2D eigenvalue weighted by Crippen LogP contribution is -2.49. The zero-order valence-electron chi connectivity index (χ0n) is 40.8. The van der Waals surface area contributed by atoms with E-state index in [0.717, 1.165) is 25.7 Å². The number of ether oxygens (including phenoxy) is 5. The van der Waals surface area contributed by atoms with Gasteiger partial charge in [-0.3, -0.25) is 19.3 Å². The van der Waals surface area contributed by atoms with Crippen LogP contribution in [0.5, 0.6) is 23.0 Å². The maximum absolute atomic E-state index is 14.1. The average molecular weight is 927 g/mol. The van der Waals surface area contributed by atoms with Crippen molar-refractivity contribution in [2.75, 3.05) is 13.7 Å². The largest absolute Gasteiger partial charge is 0.513 e. The van der Waals surface area contributed by atoms with Gasteiger partial charge >= 0.3 is 6.16 Å². The van der Waals surface area contributed by atoms with Gasteiger partial charge in [-0.25, -0.2) is 4.79 Å². The van der Waals surface area contributed by atoms with Gasteiger partial charge in [0.1, 0.15) is 34.2 Å². The number of phenols is 1. The fraction of sp³-hybridized carbons (Fsp3) is 0.547. The first kappa shape index (κ1) is 50.8. The van der Waals surface area contributed by atoms with E-state index in [0.29, 0.717) is 77.9 Å². The second-order valence-corrected chi connectivity index (χ2v) is 19.6. The minimum atomic E-state index is -1.00. The number of carbonyl (C=O) groups is 4. The molecule has 0 aromatic heterocycles. The predicted molar refractivity (Wildman–Crippen MR) is 253 cm³/mol. The monoisotopic (exact) mass is 926 g/mol. The summed E-state index contributed by atoms with van der Waals surface area (Å²) in [6.07, 6.45) is 11.8. The number of aliphatic hydroxyl groups is 2. The summed E-state index contributed by atoms with van der Waals surface area (Å²) in [6.45, 7) is 16.9. The zero-order valence-corrected chi connectivity index (χ0v) is 40.8. The SMILES string of the molecule is COC(=O)Oc1cc2c(c3c1C[C@H](O)[C@@](C)(CC/C=C(\C)CCC=C(C)C)O3)CN(CCC[C@@H](OC=O)N1Cc3c(cc(O)c4c3O[C@](C)(CC/C=C(\C)CCC=C(C)C)[C@@H](O)C4)C1=O)C2=O. The Morgan fingerprint density at radius 2 is 1.31 bits per heavy atom. The van der Waals surface area contributed by atoms with Gasteiger partial charge in [0.2, 0.25) is 0 Å². The Bertz CT molecular complexity index is 2340. The fourth-order valence-electron chi connectivity index (χ4n) is 9.52. The van der Waals surface area contributed by atoms with Crippen molar-refractivity contribution < 1.29 is 58.2 Å². The number of aliphatic hydroxyl groups excluding tert-OH is 2.